The van der Waals surface area contributed by atoms with Gasteiger partial charge in [0.15, 0.2) is 11.5 Å². The van der Waals surface area contributed by atoms with Crippen LogP contribution in [0.1, 0.15) is 5.56 Å². The molecule has 0 bridgehead atoms. The van der Waals surface area contributed by atoms with E-state index in [9.17, 15) is 0 Å². The van der Waals surface area contributed by atoms with E-state index in [-0.39, 0.29) is 6.10 Å². The summed E-state index contributed by atoms with van der Waals surface area (Å²) in [5, 5.41) is 0. The molecule has 4 nitrogen and oxygen atoms in total. The summed E-state index contributed by atoms with van der Waals surface area (Å²) in [6, 6.07) is 5.90. The first-order chi connectivity index (χ1) is 8.83. The Bertz CT molecular complexity index is 399. The van der Waals surface area contributed by atoms with E-state index < -0.39 is 0 Å². The SMILES string of the molecule is C=COCCc1ccc(OCC2CO2)c(OC)c1. The smallest absolute Gasteiger partial charge is 0.161 e. The van der Waals surface area contributed by atoms with Crippen LogP contribution in [0.5, 0.6) is 11.5 Å². The molecule has 0 N–H and O–H groups in total. The average molecular weight is 250 g/mol. The number of rotatable bonds is 8. The predicted octanol–water partition coefficient (Wildman–Crippen LogP) is 2.18. The van der Waals surface area contributed by atoms with Gasteiger partial charge in [0.1, 0.15) is 12.7 Å². The molecular weight excluding hydrogens is 232 g/mol. The minimum absolute atomic E-state index is 0.246. The molecule has 1 aromatic rings. The van der Waals surface area contributed by atoms with Crippen LogP contribution in [0.25, 0.3) is 0 Å². The van der Waals surface area contributed by atoms with Gasteiger partial charge in [0, 0.05) is 6.42 Å². The first kappa shape index (κ1) is 12.8. The van der Waals surface area contributed by atoms with Crippen molar-refractivity contribution in [2.45, 2.75) is 12.5 Å². The number of benzene rings is 1. The Hall–Kier alpha value is -1.68. The molecule has 1 unspecified atom stereocenters. The summed E-state index contributed by atoms with van der Waals surface area (Å²) in [6.07, 6.45) is 2.51. The van der Waals surface area contributed by atoms with E-state index in [1.54, 1.807) is 7.11 Å². The van der Waals surface area contributed by atoms with Gasteiger partial charge in [0.05, 0.1) is 26.6 Å². The number of ether oxygens (including phenoxy) is 4. The van der Waals surface area contributed by atoms with Gasteiger partial charge in [-0.15, -0.1) is 0 Å². The lowest BCUT2D eigenvalue weighted by atomic mass is 10.1. The summed E-state index contributed by atoms with van der Waals surface area (Å²) in [4.78, 5) is 0. The summed E-state index contributed by atoms with van der Waals surface area (Å²) < 4.78 is 21.2. The third-order valence-corrected chi connectivity index (χ3v) is 2.68. The van der Waals surface area contributed by atoms with E-state index >= 15 is 0 Å². The lowest BCUT2D eigenvalue weighted by molar-refractivity contribution is 0.250. The highest BCUT2D eigenvalue weighted by molar-refractivity contribution is 5.43. The van der Waals surface area contributed by atoms with E-state index in [4.69, 9.17) is 18.9 Å². The van der Waals surface area contributed by atoms with Gasteiger partial charge >= 0.3 is 0 Å². The first-order valence-corrected chi connectivity index (χ1v) is 5.97. The van der Waals surface area contributed by atoms with Crippen LogP contribution >= 0.6 is 0 Å². The molecule has 2 rings (SSSR count). The number of hydrogen-bond acceptors (Lipinski definition) is 4. The zero-order valence-electron chi connectivity index (χ0n) is 10.6. The third kappa shape index (κ3) is 3.67. The summed E-state index contributed by atoms with van der Waals surface area (Å²) >= 11 is 0. The van der Waals surface area contributed by atoms with E-state index in [1.807, 2.05) is 18.2 Å². The molecule has 0 aromatic heterocycles. The van der Waals surface area contributed by atoms with Crippen molar-refractivity contribution in [3.63, 3.8) is 0 Å². The van der Waals surface area contributed by atoms with E-state index in [0.29, 0.717) is 13.2 Å². The zero-order valence-corrected chi connectivity index (χ0v) is 10.6. The molecule has 1 saturated heterocycles. The van der Waals surface area contributed by atoms with Crippen molar-refractivity contribution in [3.8, 4) is 11.5 Å². The highest BCUT2D eigenvalue weighted by atomic mass is 16.6. The van der Waals surface area contributed by atoms with Crippen molar-refractivity contribution >= 4 is 0 Å². The molecule has 1 aliphatic rings. The Balaban J connectivity index is 1.94. The largest absolute Gasteiger partial charge is 0.501 e. The molecule has 0 radical (unpaired) electrons. The van der Waals surface area contributed by atoms with Crippen LogP contribution in [0.4, 0.5) is 0 Å². The normalized spacial score (nSPS) is 17.1. The maximum absolute atomic E-state index is 5.64. The fourth-order valence-electron chi connectivity index (χ4n) is 1.59. The summed E-state index contributed by atoms with van der Waals surface area (Å²) in [7, 11) is 1.64. The molecule has 98 valence electrons. The Morgan fingerprint density at radius 1 is 1.44 bits per heavy atom. The Morgan fingerprint density at radius 2 is 2.28 bits per heavy atom. The van der Waals surface area contributed by atoms with Crippen LogP contribution in [0.3, 0.4) is 0 Å². The van der Waals surface area contributed by atoms with E-state index in [0.717, 1.165) is 30.1 Å². The van der Waals surface area contributed by atoms with Gasteiger partial charge in [0.25, 0.3) is 0 Å². The molecular formula is C14H18O4. The van der Waals surface area contributed by atoms with Crippen LogP contribution in [-0.2, 0) is 15.9 Å². The van der Waals surface area contributed by atoms with E-state index in [2.05, 4.69) is 6.58 Å². The molecule has 18 heavy (non-hydrogen) atoms. The van der Waals surface area contributed by atoms with Crippen molar-refractivity contribution in [2.75, 3.05) is 26.9 Å². The molecule has 1 aliphatic heterocycles. The van der Waals surface area contributed by atoms with E-state index in [1.165, 1.54) is 6.26 Å². The second-order valence-corrected chi connectivity index (χ2v) is 4.04. The Morgan fingerprint density at radius 3 is 2.94 bits per heavy atom. The van der Waals surface area contributed by atoms with Crippen LogP contribution in [0.2, 0.25) is 0 Å². The quantitative estimate of drug-likeness (QED) is 0.403. The monoisotopic (exact) mass is 250 g/mol. The molecule has 1 fully saturated rings. The maximum Gasteiger partial charge on any atom is 0.161 e. The van der Waals surface area contributed by atoms with Crippen LogP contribution in [0.15, 0.2) is 31.0 Å². The molecule has 1 heterocycles. The molecule has 1 atom stereocenters. The van der Waals surface area contributed by atoms with Gasteiger partial charge in [-0.3, -0.25) is 0 Å². The molecule has 0 saturated carbocycles. The molecule has 0 aliphatic carbocycles. The minimum Gasteiger partial charge on any atom is -0.501 e. The van der Waals surface area contributed by atoms with Crippen molar-refractivity contribution in [3.05, 3.63) is 36.6 Å². The van der Waals surface area contributed by atoms with Gasteiger partial charge in [0.2, 0.25) is 0 Å². The summed E-state index contributed by atoms with van der Waals surface area (Å²) in [5.74, 6) is 1.49. The van der Waals surface area contributed by atoms with Gasteiger partial charge in [-0.25, -0.2) is 0 Å². The molecule has 4 heteroatoms. The highest BCUT2D eigenvalue weighted by Crippen LogP contribution is 2.29. The molecule has 0 amide bonds. The standard InChI is InChI=1S/C14H18O4/c1-3-16-7-6-11-4-5-13(14(8-11)15-2)18-10-12-9-17-12/h3-5,8,12H,1,6-7,9-10H2,2H3. The topological polar surface area (TPSA) is 40.2 Å². The second-order valence-electron chi connectivity index (χ2n) is 4.04. The lowest BCUT2D eigenvalue weighted by Crippen LogP contribution is -2.05. The number of hydrogen-bond donors (Lipinski definition) is 0. The lowest BCUT2D eigenvalue weighted by Gasteiger charge is -2.11. The Kier molecular flexibility index (Phi) is 4.47. The van der Waals surface area contributed by atoms with Crippen LogP contribution in [0, 0.1) is 0 Å². The Labute approximate surface area is 107 Å². The zero-order chi connectivity index (χ0) is 12.8. The van der Waals surface area contributed by atoms with Crippen molar-refractivity contribution < 1.29 is 18.9 Å². The van der Waals surface area contributed by atoms with Crippen LogP contribution in [-0.4, -0.2) is 33.0 Å². The molecule has 1 aromatic carbocycles. The summed E-state index contributed by atoms with van der Waals surface area (Å²) in [6.45, 7) is 5.49. The number of methoxy groups -OCH3 is 1. The minimum atomic E-state index is 0.246. The van der Waals surface area contributed by atoms with Crippen LogP contribution < -0.4 is 9.47 Å². The van der Waals surface area contributed by atoms with Crippen molar-refractivity contribution in [1.29, 1.82) is 0 Å². The summed E-state index contributed by atoms with van der Waals surface area (Å²) in [5.41, 5.74) is 1.14. The molecule has 0 spiro atoms. The average Bonchev–Trinajstić information content (AvgIpc) is 3.21. The second kappa shape index (κ2) is 6.31. The van der Waals surface area contributed by atoms with Gasteiger partial charge in [-0.1, -0.05) is 12.6 Å². The first-order valence-electron chi connectivity index (χ1n) is 5.97. The van der Waals surface area contributed by atoms with Crippen molar-refractivity contribution in [1.82, 2.24) is 0 Å². The number of epoxide rings is 1. The third-order valence-electron chi connectivity index (χ3n) is 2.68. The van der Waals surface area contributed by atoms with Gasteiger partial charge in [-0.05, 0) is 17.7 Å². The fraction of sp³-hybridized carbons (Fsp3) is 0.429. The van der Waals surface area contributed by atoms with Gasteiger partial charge in [-0.2, -0.15) is 0 Å². The van der Waals surface area contributed by atoms with Crippen molar-refractivity contribution in [2.24, 2.45) is 0 Å². The predicted molar refractivity (Wildman–Crippen MR) is 68.1 cm³/mol. The maximum atomic E-state index is 5.64. The fourth-order valence-corrected chi connectivity index (χ4v) is 1.59. The highest BCUT2D eigenvalue weighted by Gasteiger charge is 2.23. The van der Waals surface area contributed by atoms with Gasteiger partial charge < -0.3 is 18.9 Å².